The van der Waals surface area contributed by atoms with Crippen LogP contribution in [0.3, 0.4) is 0 Å². The zero-order valence-electron chi connectivity index (χ0n) is 32.0. The van der Waals surface area contributed by atoms with Gasteiger partial charge in [-0.3, -0.25) is 19.2 Å². The molecule has 5 aliphatic heterocycles. The number of hydrogen-bond acceptors (Lipinski definition) is 10. The number of carbonyl (C=O) groups excluding carboxylic acids is 3. The summed E-state index contributed by atoms with van der Waals surface area (Å²) in [5.74, 6) is -1.48. The van der Waals surface area contributed by atoms with Crippen LogP contribution in [0, 0.1) is 11.3 Å². The number of unbranched alkanes of at least 4 members (excludes halogenated alkanes) is 4. The molecule has 7 aliphatic rings. The van der Waals surface area contributed by atoms with E-state index < -0.39 is 53.7 Å². The Bertz CT molecular complexity index is 1560. The fourth-order valence-electron chi connectivity index (χ4n) is 10.4. The molecule has 7 fully saturated rings. The van der Waals surface area contributed by atoms with Gasteiger partial charge in [-0.25, -0.2) is 0 Å². The monoisotopic (exact) mass is 749 g/mol. The third-order valence-corrected chi connectivity index (χ3v) is 13.2. The van der Waals surface area contributed by atoms with E-state index in [0.717, 1.165) is 68.9 Å². The van der Waals surface area contributed by atoms with Gasteiger partial charge in [0, 0.05) is 32.4 Å². The highest BCUT2D eigenvalue weighted by Crippen LogP contribution is 2.59. The molecule has 10 atom stereocenters. The van der Waals surface area contributed by atoms with Crippen LogP contribution in [-0.2, 0) is 44.7 Å². The average Bonchev–Trinajstić information content (AvgIpc) is 3.44. The number of rotatable bonds is 16. The van der Waals surface area contributed by atoms with Crippen molar-refractivity contribution in [1.82, 2.24) is 15.3 Å². The Morgan fingerprint density at radius 3 is 2.52 bits per heavy atom. The van der Waals surface area contributed by atoms with Crippen molar-refractivity contribution in [3.63, 3.8) is 0 Å². The van der Waals surface area contributed by atoms with Gasteiger partial charge in [-0.15, -0.1) is 0 Å². The van der Waals surface area contributed by atoms with Gasteiger partial charge < -0.3 is 34.3 Å². The minimum absolute atomic E-state index is 0.107. The number of benzene rings is 1. The van der Waals surface area contributed by atoms with Crippen LogP contribution in [0.25, 0.3) is 6.08 Å². The number of aliphatic hydroxyl groups excluding tert-OH is 1. The molecule has 5 heterocycles. The molecule has 12 heteroatoms. The summed E-state index contributed by atoms with van der Waals surface area (Å²) in [6, 6.07) is 6.38. The molecule has 0 spiro atoms. The Labute approximate surface area is 319 Å². The van der Waals surface area contributed by atoms with E-state index in [1.807, 2.05) is 18.2 Å². The molecule has 2 amide bonds. The number of hydrogen-bond donors (Lipinski definition) is 2. The highest BCUT2D eigenvalue weighted by atomic mass is 16.8. The molecule has 2 aliphatic carbocycles. The molecule has 5 unspecified atom stereocenters. The maximum Gasteiger partial charge on any atom is 0.327 e. The molecule has 1 aromatic rings. The molecule has 54 heavy (non-hydrogen) atoms. The molecule has 0 aromatic heterocycles. The molecular formula is C42H59N3O9. The number of nitrogens with one attached hydrogen (secondary N) is 1. The fraction of sp³-hybridized carbons (Fsp3) is 0.738. The third kappa shape index (κ3) is 7.04. The number of epoxide rings is 1. The van der Waals surface area contributed by atoms with Gasteiger partial charge in [-0.1, -0.05) is 75.9 Å². The van der Waals surface area contributed by atoms with E-state index in [9.17, 15) is 14.7 Å². The summed E-state index contributed by atoms with van der Waals surface area (Å²) in [7, 11) is 0. The Morgan fingerprint density at radius 2 is 1.76 bits per heavy atom. The van der Waals surface area contributed by atoms with E-state index in [1.54, 1.807) is 9.96 Å². The van der Waals surface area contributed by atoms with Crippen LogP contribution in [0.1, 0.15) is 115 Å². The zero-order chi connectivity index (χ0) is 37.5. The first-order valence-corrected chi connectivity index (χ1v) is 20.9. The number of fused-ring (bicyclic) bond motifs is 5. The summed E-state index contributed by atoms with van der Waals surface area (Å²) in [4.78, 5) is 51.7. The minimum atomic E-state index is -1.35. The third-order valence-electron chi connectivity index (χ3n) is 13.2. The molecule has 1 aromatic carbocycles. The van der Waals surface area contributed by atoms with E-state index in [4.69, 9.17) is 23.8 Å². The maximum atomic E-state index is 15.3. The topological polar surface area (TPSA) is 139 Å². The van der Waals surface area contributed by atoms with Gasteiger partial charge in [-0.2, -0.15) is 5.06 Å². The van der Waals surface area contributed by atoms with Crippen molar-refractivity contribution in [1.29, 1.82) is 0 Å². The number of amides is 2. The van der Waals surface area contributed by atoms with Crippen molar-refractivity contribution >= 4 is 23.9 Å². The molecule has 0 radical (unpaired) electrons. The van der Waals surface area contributed by atoms with Crippen LogP contribution >= 0.6 is 0 Å². The summed E-state index contributed by atoms with van der Waals surface area (Å²) in [6.45, 7) is 4.91. The van der Waals surface area contributed by atoms with Crippen molar-refractivity contribution in [3.05, 3.63) is 41.5 Å². The number of ether oxygens (including phenoxy) is 4. The van der Waals surface area contributed by atoms with Crippen molar-refractivity contribution in [2.24, 2.45) is 11.3 Å². The van der Waals surface area contributed by atoms with Gasteiger partial charge in [0.05, 0.1) is 25.4 Å². The van der Waals surface area contributed by atoms with Gasteiger partial charge in [0.15, 0.2) is 11.8 Å². The van der Waals surface area contributed by atoms with Crippen LogP contribution < -0.4 is 5.32 Å². The number of hydroxylamine groups is 2. The Morgan fingerprint density at radius 1 is 0.981 bits per heavy atom. The zero-order valence-corrected chi connectivity index (χ0v) is 32.0. The molecule has 2 saturated carbocycles. The summed E-state index contributed by atoms with van der Waals surface area (Å²) in [5.41, 5.74) is 0.653. The molecule has 296 valence electrons. The number of likely N-dealkylation sites (tertiary alicyclic amines) is 1. The van der Waals surface area contributed by atoms with Crippen molar-refractivity contribution < 1.29 is 43.3 Å². The van der Waals surface area contributed by atoms with E-state index in [1.165, 1.54) is 0 Å². The lowest BCUT2D eigenvalue weighted by atomic mass is 9.62. The number of esters is 1. The lowest BCUT2D eigenvalue weighted by Crippen LogP contribution is -2.70. The van der Waals surface area contributed by atoms with Gasteiger partial charge in [0.1, 0.15) is 35.9 Å². The van der Waals surface area contributed by atoms with E-state index >= 15 is 4.79 Å². The first-order valence-electron chi connectivity index (χ1n) is 20.9. The SMILES string of the molecule is CCCCCC1(CCCCC)O[C@@H]2[C@H]3ON(Cc4ccccc4C=CC4CCC5OC5C4)[C@H]4C(=O)OC(CC34C(=O)N3CCC[C@@H]3C(=O)NCCO)[C@@H]2O1. The molecule has 2 bridgehead atoms. The normalized spacial score (nSPS) is 36.2. The lowest BCUT2D eigenvalue weighted by molar-refractivity contribution is -0.225. The van der Waals surface area contributed by atoms with E-state index in [-0.39, 0.29) is 37.9 Å². The highest BCUT2D eigenvalue weighted by Gasteiger charge is 2.77. The fourth-order valence-corrected chi connectivity index (χ4v) is 10.4. The summed E-state index contributed by atoms with van der Waals surface area (Å²) in [5, 5.41) is 13.9. The summed E-state index contributed by atoms with van der Waals surface area (Å²) in [6.07, 6.45) is 14.7. The number of nitrogens with zero attached hydrogens (tertiary/aromatic N) is 2. The smallest absolute Gasteiger partial charge is 0.327 e. The second kappa shape index (κ2) is 15.9. The van der Waals surface area contributed by atoms with Crippen LogP contribution in [-0.4, -0.2) is 107 Å². The number of allylic oxidation sites excluding steroid dienone is 1. The maximum absolute atomic E-state index is 15.3. The lowest BCUT2D eigenvalue weighted by Gasteiger charge is -2.50. The molecule has 8 rings (SSSR count). The quantitative estimate of drug-likeness (QED) is 0.138. The van der Waals surface area contributed by atoms with E-state index in [2.05, 4.69) is 37.4 Å². The Balaban J connectivity index is 1.13. The van der Waals surface area contributed by atoms with Crippen molar-refractivity contribution in [3.8, 4) is 0 Å². The predicted octanol–water partition coefficient (Wildman–Crippen LogP) is 4.81. The summed E-state index contributed by atoms with van der Waals surface area (Å²) < 4.78 is 26.1. The first kappa shape index (κ1) is 38.0. The Hall–Kier alpha value is -2.87. The van der Waals surface area contributed by atoms with Crippen LogP contribution in [0.2, 0.25) is 0 Å². The van der Waals surface area contributed by atoms with Crippen molar-refractivity contribution in [2.75, 3.05) is 19.7 Å². The molecule has 12 nitrogen and oxygen atoms in total. The Kier molecular flexibility index (Phi) is 11.2. The van der Waals surface area contributed by atoms with Gasteiger partial charge in [0.2, 0.25) is 11.8 Å². The molecular weight excluding hydrogens is 690 g/mol. The first-order chi connectivity index (χ1) is 26.3. The molecule has 2 N–H and O–H groups in total. The van der Waals surface area contributed by atoms with Crippen molar-refractivity contribution in [2.45, 2.75) is 165 Å². The largest absolute Gasteiger partial charge is 0.458 e. The highest BCUT2D eigenvalue weighted by molar-refractivity contribution is 5.96. The standard InChI is InChI=1S/C42H59N3O9/c1-3-5-9-19-41(20-10-6-4-2)52-34-33-25-42(40(49)44-22-11-14-30(44)38(47)43-21-23-46)36(39(48)51-33)45(54-37(42)35(34)53-41)26-29-13-8-7-12-28(29)17-15-27-16-18-31-32(24-27)50-31/h7-8,12-13,15,17,27,30-37,46H,3-6,9-11,14,16,18-26H2,1-2H3,(H,43,47)/t27?,30-,31?,32?,33?,34+,35+,36+,37-,42?/m1/s1. The second-order valence-electron chi connectivity index (χ2n) is 16.7. The second-order valence-corrected chi connectivity index (χ2v) is 16.7. The van der Waals surface area contributed by atoms with Gasteiger partial charge >= 0.3 is 5.97 Å². The van der Waals surface area contributed by atoms with E-state index in [0.29, 0.717) is 50.4 Å². The predicted molar refractivity (Wildman–Crippen MR) is 198 cm³/mol. The number of carbonyl (C=O) groups is 3. The number of aliphatic hydroxyl groups is 1. The minimum Gasteiger partial charge on any atom is -0.458 e. The van der Waals surface area contributed by atoms with Crippen LogP contribution in [0.4, 0.5) is 0 Å². The average molecular weight is 750 g/mol. The van der Waals surface area contributed by atoms with Crippen LogP contribution in [0.15, 0.2) is 30.3 Å². The van der Waals surface area contributed by atoms with Gasteiger partial charge in [-0.05, 0) is 62.0 Å². The molecule has 5 saturated heterocycles. The van der Waals surface area contributed by atoms with Gasteiger partial charge in [0.25, 0.3) is 0 Å². The van der Waals surface area contributed by atoms with Crippen LogP contribution in [0.5, 0.6) is 0 Å². The summed E-state index contributed by atoms with van der Waals surface area (Å²) >= 11 is 0.